The molecule has 0 aromatic rings. The first-order chi connectivity index (χ1) is 5.86. The first kappa shape index (κ1) is 9.83. The standard InChI is InChI=1S/C8H13NO4/c1-8(2)3-4-9(7(12)13)5(8)6(10)11/h5H,3-4H2,1-2H3,(H,10,11)(H,12,13). The van der Waals surface area contributed by atoms with E-state index in [4.69, 9.17) is 10.2 Å². The number of amides is 1. The second-order valence-electron chi connectivity index (χ2n) is 3.96. The Morgan fingerprint density at radius 3 is 2.23 bits per heavy atom. The summed E-state index contributed by atoms with van der Waals surface area (Å²) in [5.41, 5.74) is -0.468. The Labute approximate surface area is 76.0 Å². The molecule has 0 bridgehead atoms. The smallest absolute Gasteiger partial charge is 0.408 e. The molecule has 2 N–H and O–H groups in total. The summed E-state index contributed by atoms with van der Waals surface area (Å²) >= 11 is 0. The summed E-state index contributed by atoms with van der Waals surface area (Å²) in [6, 6.07) is -0.912. The zero-order valence-corrected chi connectivity index (χ0v) is 7.65. The van der Waals surface area contributed by atoms with Crippen molar-refractivity contribution in [2.75, 3.05) is 6.54 Å². The number of rotatable bonds is 1. The van der Waals surface area contributed by atoms with Crippen molar-refractivity contribution in [3.63, 3.8) is 0 Å². The highest BCUT2D eigenvalue weighted by Crippen LogP contribution is 2.36. The van der Waals surface area contributed by atoms with Gasteiger partial charge in [0.15, 0.2) is 0 Å². The lowest BCUT2D eigenvalue weighted by Crippen LogP contribution is -2.45. The van der Waals surface area contributed by atoms with E-state index in [9.17, 15) is 9.59 Å². The Morgan fingerprint density at radius 2 is 1.92 bits per heavy atom. The van der Waals surface area contributed by atoms with E-state index in [1.165, 1.54) is 0 Å². The molecule has 0 radical (unpaired) electrons. The van der Waals surface area contributed by atoms with E-state index in [1.54, 1.807) is 13.8 Å². The molecule has 1 amide bonds. The third-order valence-electron chi connectivity index (χ3n) is 2.53. The molecule has 1 heterocycles. The fraction of sp³-hybridized carbons (Fsp3) is 0.750. The summed E-state index contributed by atoms with van der Waals surface area (Å²) < 4.78 is 0. The first-order valence-electron chi connectivity index (χ1n) is 4.08. The van der Waals surface area contributed by atoms with Crippen LogP contribution in [-0.2, 0) is 4.79 Å². The van der Waals surface area contributed by atoms with Crippen LogP contribution >= 0.6 is 0 Å². The highest BCUT2D eigenvalue weighted by Gasteiger charge is 2.47. The molecule has 1 aliphatic heterocycles. The molecular weight excluding hydrogens is 174 g/mol. The number of nitrogens with zero attached hydrogens (tertiary/aromatic N) is 1. The number of carboxylic acid groups (broad SMARTS) is 2. The molecule has 1 fully saturated rings. The van der Waals surface area contributed by atoms with E-state index in [0.29, 0.717) is 13.0 Å². The van der Waals surface area contributed by atoms with Gasteiger partial charge in [-0.25, -0.2) is 9.59 Å². The number of aliphatic carboxylic acids is 1. The van der Waals surface area contributed by atoms with Crippen LogP contribution in [0.4, 0.5) is 4.79 Å². The van der Waals surface area contributed by atoms with E-state index < -0.39 is 23.5 Å². The summed E-state index contributed by atoms with van der Waals surface area (Å²) in [6.07, 6.45) is -0.561. The van der Waals surface area contributed by atoms with Gasteiger partial charge in [0.2, 0.25) is 0 Å². The summed E-state index contributed by atoms with van der Waals surface area (Å²) in [5, 5.41) is 17.6. The Morgan fingerprint density at radius 1 is 1.38 bits per heavy atom. The van der Waals surface area contributed by atoms with Gasteiger partial charge in [0.25, 0.3) is 0 Å². The average molecular weight is 187 g/mol. The maximum atomic E-state index is 10.8. The van der Waals surface area contributed by atoms with Gasteiger partial charge in [-0.1, -0.05) is 13.8 Å². The summed E-state index contributed by atoms with van der Waals surface area (Å²) in [6.45, 7) is 3.85. The lowest BCUT2D eigenvalue weighted by atomic mass is 9.85. The van der Waals surface area contributed by atoms with E-state index in [-0.39, 0.29) is 0 Å². The van der Waals surface area contributed by atoms with Crippen molar-refractivity contribution in [1.29, 1.82) is 0 Å². The predicted molar refractivity (Wildman–Crippen MR) is 44.6 cm³/mol. The molecule has 74 valence electrons. The third-order valence-corrected chi connectivity index (χ3v) is 2.53. The minimum Gasteiger partial charge on any atom is -0.480 e. The first-order valence-corrected chi connectivity index (χ1v) is 4.08. The molecule has 5 nitrogen and oxygen atoms in total. The highest BCUT2D eigenvalue weighted by atomic mass is 16.4. The minimum absolute atomic E-state index is 0.305. The lowest BCUT2D eigenvalue weighted by Gasteiger charge is -2.26. The van der Waals surface area contributed by atoms with Gasteiger partial charge in [0, 0.05) is 6.54 Å². The van der Waals surface area contributed by atoms with Gasteiger partial charge in [-0.05, 0) is 11.8 Å². The van der Waals surface area contributed by atoms with Crippen molar-refractivity contribution in [2.45, 2.75) is 26.3 Å². The third kappa shape index (κ3) is 1.59. The topological polar surface area (TPSA) is 77.8 Å². The molecule has 1 aliphatic rings. The van der Waals surface area contributed by atoms with Gasteiger partial charge < -0.3 is 10.2 Å². The van der Waals surface area contributed by atoms with Crippen molar-refractivity contribution in [3.8, 4) is 0 Å². The molecule has 0 aromatic heterocycles. The predicted octanol–water partition coefficient (Wildman–Crippen LogP) is 0.850. The molecule has 0 aromatic carbocycles. The van der Waals surface area contributed by atoms with E-state index in [0.717, 1.165) is 4.90 Å². The van der Waals surface area contributed by atoms with Gasteiger partial charge in [0.05, 0.1) is 0 Å². The quantitative estimate of drug-likeness (QED) is 0.637. The van der Waals surface area contributed by atoms with Gasteiger partial charge in [-0.3, -0.25) is 4.90 Å². The van der Waals surface area contributed by atoms with Gasteiger partial charge in [-0.2, -0.15) is 0 Å². The number of hydrogen-bond acceptors (Lipinski definition) is 2. The minimum atomic E-state index is -1.15. The number of carbonyl (C=O) groups is 2. The zero-order valence-electron chi connectivity index (χ0n) is 7.65. The van der Waals surface area contributed by atoms with Crippen molar-refractivity contribution in [3.05, 3.63) is 0 Å². The van der Waals surface area contributed by atoms with E-state index in [1.807, 2.05) is 0 Å². The normalized spacial score (nSPS) is 26.0. The Kier molecular flexibility index (Phi) is 2.19. The zero-order chi connectivity index (χ0) is 10.2. The molecule has 1 atom stereocenters. The maximum absolute atomic E-state index is 10.8. The van der Waals surface area contributed by atoms with Crippen LogP contribution in [0.3, 0.4) is 0 Å². The van der Waals surface area contributed by atoms with Crippen LogP contribution in [0, 0.1) is 5.41 Å². The Balaban J connectivity index is 2.92. The van der Waals surface area contributed by atoms with Crippen molar-refractivity contribution in [1.82, 2.24) is 4.90 Å². The Bertz CT molecular complexity index is 249. The summed E-state index contributed by atoms with van der Waals surface area (Å²) in [4.78, 5) is 22.5. The van der Waals surface area contributed by atoms with E-state index in [2.05, 4.69) is 0 Å². The van der Waals surface area contributed by atoms with Crippen LogP contribution in [0.2, 0.25) is 0 Å². The lowest BCUT2D eigenvalue weighted by molar-refractivity contribution is -0.144. The number of likely N-dealkylation sites (tertiary alicyclic amines) is 1. The Hall–Kier alpha value is -1.26. The molecule has 1 rings (SSSR count). The van der Waals surface area contributed by atoms with Crippen LogP contribution in [0.1, 0.15) is 20.3 Å². The fourth-order valence-electron chi connectivity index (χ4n) is 1.77. The van der Waals surface area contributed by atoms with Crippen molar-refractivity contribution < 1.29 is 19.8 Å². The largest absolute Gasteiger partial charge is 0.480 e. The van der Waals surface area contributed by atoms with Gasteiger partial charge >= 0.3 is 12.1 Å². The monoisotopic (exact) mass is 187 g/mol. The van der Waals surface area contributed by atoms with Crippen LogP contribution in [0.5, 0.6) is 0 Å². The number of hydrogen-bond donors (Lipinski definition) is 2. The molecule has 1 saturated heterocycles. The van der Waals surface area contributed by atoms with Crippen LogP contribution in [0.25, 0.3) is 0 Å². The van der Waals surface area contributed by atoms with Crippen LogP contribution < -0.4 is 0 Å². The number of carboxylic acids is 1. The van der Waals surface area contributed by atoms with Crippen LogP contribution in [-0.4, -0.2) is 39.8 Å². The molecular formula is C8H13NO4. The molecule has 5 heteroatoms. The SMILES string of the molecule is CC1(C)CCN(C(=O)O)C1C(=O)O. The van der Waals surface area contributed by atoms with Crippen molar-refractivity contribution >= 4 is 12.1 Å². The highest BCUT2D eigenvalue weighted by molar-refractivity contribution is 5.81. The summed E-state index contributed by atoms with van der Waals surface area (Å²) in [7, 11) is 0. The summed E-state index contributed by atoms with van der Waals surface area (Å²) in [5.74, 6) is -1.06. The molecule has 13 heavy (non-hydrogen) atoms. The van der Waals surface area contributed by atoms with Crippen molar-refractivity contribution in [2.24, 2.45) is 5.41 Å². The second kappa shape index (κ2) is 2.90. The molecule has 0 saturated carbocycles. The molecule has 0 spiro atoms. The van der Waals surface area contributed by atoms with Gasteiger partial charge in [-0.15, -0.1) is 0 Å². The second-order valence-corrected chi connectivity index (χ2v) is 3.96. The van der Waals surface area contributed by atoms with E-state index >= 15 is 0 Å². The van der Waals surface area contributed by atoms with Gasteiger partial charge in [0.1, 0.15) is 6.04 Å². The average Bonchev–Trinajstić information content (AvgIpc) is 2.24. The molecule has 1 unspecified atom stereocenters. The maximum Gasteiger partial charge on any atom is 0.408 e. The van der Waals surface area contributed by atoms with Crippen LogP contribution in [0.15, 0.2) is 0 Å². The molecule has 0 aliphatic carbocycles. The fourth-order valence-corrected chi connectivity index (χ4v) is 1.77.